The highest BCUT2D eigenvalue weighted by Crippen LogP contribution is 2.36. The molecule has 0 radical (unpaired) electrons. The Kier molecular flexibility index (Phi) is 5.01. The monoisotopic (exact) mass is 455 g/mol. The van der Waals surface area contributed by atoms with E-state index in [2.05, 4.69) is 10.3 Å². The molecule has 0 spiro atoms. The summed E-state index contributed by atoms with van der Waals surface area (Å²) in [6.07, 6.45) is 1.80. The highest BCUT2D eigenvalue weighted by atomic mass is 32.1. The zero-order valence-electron chi connectivity index (χ0n) is 16.2. The summed E-state index contributed by atoms with van der Waals surface area (Å²) in [4.78, 5) is 19.0. The molecule has 3 aromatic heterocycles. The van der Waals surface area contributed by atoms with Crippen molar-refractivity contribution in [3.05, 3.63) is 76.1 Å². The first-order chi connectivity index (χ1) is 15.1. The fourth-order valence-electron chi connectivity index (χ4n) is 3.51. The van der Waals surface area contributed by atoms with E-state index in [0.29, 0.717) is 42.6 Å². The Morgan fingerprint density at radius 3 is 2.77 bits per heavy atom. The molecular weight excluding hydrogens is 440 g/mol. The predicted octanol–water partition coefficient (Wildman–Crippen LogP) is 5.95. The van der Waals surface area contributed by atoms with E-state index in [0.717, 1.165) is 0 Å². The summed E-state index contributed by atoms with van der Waals surface area (Å²) in [5.74, 6) is -0.665. The number of imidazole rings is 1. The molecule has 2 aromatic carbocycles. The lowest BCUT2D eigenvalue weighted by atomic mass is 10.1. The molecule has 3 heterocycles. The first-order valence-electron chi connectivity index (χ1n) is 9.28. The van der Waals surface area contributed by atoms with Crippen molar-refractivity contribution in [2.24, 2.45) is 0 Å². The second-order valence-electron chi connectivity index (χ2n) is 6.78. The zero-order chi connectivity index (χ0) is 21.5. The summed E-state index contributed by atoms with van der Waals surface area (Å²) in [6, 6.07) is 10.7. The van der Waals surface area contributed by atoms with Crippen LogP contribution in [0.1, 0.15) is 15.2 Å². The van der Waals surface area contributed by atoms with E-state index in [-0.39, 0.29) is 18.3 Å². The van der Waals surface area contributed by atoms with Gasteiger partial charge in [-0.15, -0.1) is 22.7 Å². The van der Waals surface area contributed by atoms with Crippen LogP contribution in [0.4, 0.5) is 14.6 Å². The van der Waals surface area contributed by atoms with E-state index < -0.39 is 5.82 Å². The van der Waals surface area contributed by atoms with Gasteiger partial charge in [-0.05, 0) is 36.4 Å². The number of amides is 1. The van der Waals surface area contributed by atoms with Gasteiger partial charge in [0.25, 0.3) is 5.91 Å². The first-order valence-corrected chi connectivity index (χ1v) is 11.0. The largest absolute Gasteiger partial charge is 0.380 e. The number of benzene rings is 2. The van der Waals surface area contributed by atoms with Gasteiger partial charge in [-0.2, -0.15) is 0 Å². The summed E-state index contributed by atoms with van der Waals surface area (Å²) in [6.45, 7) is 0.106. The molecule has 0 atom stereocenters. The number of rotatable bonds is 5. The maximum Gasteiger partial charge on any atom is 0.267 e. The summed E-state index contributed by atoms with van der Waals surface area (Å²) < 4.78 is 35.6. The number of fused-ring (bicyclic) bond motifs is 2. The van der Waals surface area contributed by atoms with Crippen molar-refractivity contribution in [3.63, 3.8) is 0 Å². The Morgan fingerprint density at radius 1 is 1.19 bits per heavy atom. The highest BCUT2D eigenvalue weighted by molar-refractivity contribution is 7.21. The fraction of sp³-hybridized carbons (Fsp3) is 0.0909. The molecule has 5 nitrogen and oxygen atoms in total. The third kappa shape index (κ3) is 3.40. The molecule has 0 bridgehead atoms. The topological polar surface area (TPSA) is 55.6 Å². The maximum absolute atomic E-state index is 14.5. The number of nitrogens with zero attached hydrogens (tertiary/aromatic N) is 2. The van der Waals surface area contributed by atoms with E-state index in [1.54, 1.807) is 34.9 Å². The van der Waals surface area contributed by atoms with Gasteiger partial charge in [-0.3, -0.25) is 9.20 Å². The SMILES string of the molecule is COCc1c(C(=O)Nc2c(-c3ccc(F)cc3)nc3sccn23)sc2cccc(F)c12. The molecule has 0 aliphatic rings. The molecule has 1 amide bonds. The van der Waals surface area contributed by atoms with Crippen LogP contribution in [-0.4, -0.2) is 22.4 Å². The summed E-state index contributed by atoms with van der Waals surface area (Å²) in [7, 11) is 1.50. The Morgan fingerprint density at radius 2 is 2.00 bits per heavy atom. The van der Waals surface area contributed by atoms with Crippen LogP contribution in [0, 0.1) is 11.6 Å². The molecular formula is C22H15F2N3O2S2. The number of thiophene rings is 1. The summed E-state index contributed by atoms with van der Waals surface area (Å²) in [5, 5.41) is 5.19. The van der Waals surface area contributed by atoms with E-state index in [1.807, 2.05) is 5.38 Å². The number of hydrogen-bond donors (Lipinski definition) is 1. The lowest BCUT2D eigenvalue weighted by molar-refractivity contribution is 0.102. The number of halogens is 2. The Labute approximate surface area is 183 Å². The minimum atomic E-state index is -0.392. The molecule has 1 N–H and O–H groups in total. The maximum atomic E-state index is 14.5. The number of methoxy groups -OCH3 is 1. The predicted molar refractivity (Wildman–Crippen MR) is 119 cm³/mol. The van der Waals surface area contributed by atoms with Crippen molar-refractivity contribution >= 4 is 49.4 Å². The van der Waals surface area contributed by atoms with Gasteiger partial charge >= 0.3 is 0 Å². The van der Waals surface area contributed by atoms with Gasteiger partial charge in [0.15, 0.2) is 4.96 Å². The number of hydrogen-bond acceptors (Lipinski definition) is 5. The first kappa shape index (κ1) is 19.8. The molecule has 0 saturated carbocycles. The molecule has 5 aromatic rings. The van der Waals surface area contributed by atoms with Gasteiger partial charge in [0.1, 0.15) is 23.1 Å². The summed E-state index contributed by atoms with van der Waals surface area (Å²) >= 11 is 2.63. The van der Waals surface area contributed by atoms with Crippen LogP contribution in [0.15, 0.2) is 54.0 Å². The number of ether oxygens (including phenoxy) is 1. The minimum absolute atomic E-state index is 0.106. The minimum Gasteiger partial charge on any atom is -0.380 e. The number of carbonyl (C=O) groups excluding carboxylic acids is 1. The van der Waals surface area contributed by atoms with Gasteiger partial charge in [-0.1, -0.05) is 6.07 Å². The average Bonchev–Trinajstić information content (AvgIpc) is 3.44. The van der Waals surface area contributed by atoms with Crippen LogP contribution in [-0.2, 0) is 11.3 Å². The van der Waals surface area contributed by atoms with Crippen LogP contribution in [0.5, 0.6) is 0 Å². The molecule has 0 aliphatic carbocycles. The lowest BCUT2D eigenvalue weighted by Gasteiger charge is -2.08. The van der Waals surface area contributed by atoms with Crippen molar-refractivity contribution in [3.8, 4) is 11.3 Å². The van der Waals surface area contributed by atoms with Crippen LogP contribution in [0.3, 0.4) is 0 Å². The lowest BCUT2D eigenvalue weighted by Crippen LogP contribution is -2.14. The van der Waals surface area contributed by atoms with Gasteiger partial charge in [-0.25, -0.2) is 13.8 Å². The fourth-order valence-corrected chi connectivity index (χ4v) is 5.34. The molecule has 0 fully saturated rings. The highest BCUT2D eigenvalue weighted by Gasteiger charge is 2.24. The smallest absolute Gasteiger partial charge is 0.267 e. The van der Waals surface area contributed by atoms with Crippen molar-refractivity contribution in [1.29, 1.82) is 0 Å². The van der Waals surface area contributed by atoms with Gasteiger partial charge in [0.2, 0.25) is 0 Å². The van der Waals surface area contributed by atoms with E-state index >= 15 is 0 Å². The molecule has 156 valence electrons. The number of carbonyl (C=O) groups is 1. The van der Waals surface area contributed by atoms with Crippen molar-refractivity contribution in [1.82, 2.24) is 9.38 Å². The molecule has 0 aliphatic heterocycles. The quantitative estimate of drug-likeness (QED) is 0.356. The normalized spacial score (nSPS) is 11.5. The molecule has 0 saturated heterocycles. The standard InChI is InChI=1S/C22H15F2N3O2S2/c1-29-11-14-17-15(24)3-2-4-16(17)31-19(14)21(28)26-20-18(12-5-7-13(23)8-6-12)25-22-27(20)9-10-30-22/h2-10H,11H2,1H3,(H,26,28). The van der Waals surface area contributed by atoms with E-state index in [1.165, 1.54) is 48.0 Å². The van der Waals surface area contributed by atoms with Gasteiger partial charge < -0.3 is 10.1 Å². The van der Waals surface area contributed by atoms with E-state index in [9.17, 15) is 13.6 Å². The number of anilines is 1. The second kappa shape index (κ2) is 7.84. The second-order valence-corrected chi connectivity index (χ2v) is 8.71. The average molecular weight is 456 g/mol. The zero-order valence-corrected chi connectivity index (χ0v) is 17.8. The van der Waals surface area contributed by atoms with Crippen LogP contribution in [0.2, 0.25) is 0 Å². The van der Waals surface area contributed by atoms with Crippen molar-refractivity contribution in [2.45, 2.75) is 6.61 Å². The molecule has 5 rings (SSSR count). The summed E-state index contributed by atoms with van der Waals surface area (Å²) in [5.41, 5.74) is 1.71. The van der Waals surface area contributed by atoms with E-state index in [4.69, 9.17) is 4.74 Å². The third-order valence-electron chi connectivity index (χ3n) is 4.87. The third-order valence-corrected chi connectivity index (χ3v) is 6.82. The molecule has 9 heteroatoms. The van der Waals surface area contributed by atoms with Crippen molar-refractivity contribution < 1.29 is 18.3 Å². The number of aromatic nitrogens is 2. The van der Waals surface area contributed by atoms with Crippen LogP contribution >= 0.6 is 22.7 Å². The number of nitrogens with one attached hydrogen (secondary N) is 1. The molecule has 31 heavy (non-hydrogen) atoms. The van der Waals surface area contributed by atoms with Crippen LogP contribution < -0.4 is 5.32 Å². The van der Waals surface area contributed by atoms with Gasteiger partial charge in [0.05, 0.1) is 11.5 Å². The van der Waals surface area contributed by atoms with Crippen molar-refractivity contribution in [2.75, 3.05) is 12.4 Å². The Hall–Kier alpha value is -3.14. The van der Waals surface area contributed by atoms with Gasteiger partial charge in [0, 0.05) is 39.9 Å². The van der Waals surface area contributed by atoms with Crippen LogP contribution in [0.25, 0.3) is 26.3 Å². The Balaban J connectivity index is 1.61. The number of thiazole rings is 1. The molecule has 0 unspecified atom stereocenters. The Bertz CT molecular complexity index is 1420.